The lowest BCUT2D eigenvalue weighted by molar-refractivity contribution is -0.127. The molecule has 1 aliphatic rings. The molecule has 1 aromatic rings. The standard InChI is InChI=1S/C16H23NO3/c1-3-12-4-6-13(7-5-12)15(10-18)17-16(19)14-8-9-20-11(14)2/h4-7,11,14-15,18H,3,8-10H2,1-2H3,(H,17,19). The summed E-state index contributed by atoms with van der Waals surface area (Å²) in [6.07, 6.45) is 1.68. The zero-order chi connectivity index (χ0) is 14.5. The van der Waals surface area contributed by atoms with Gasteiger partial charge in [0.2, 0.25) is 5.91 Å². The molecular weight excluding hydrogens is 254 g/mol. The van der Waals surface area contributed by atoms with Crippen LogP contribution in [-0.4, -0.2) is 30.3 Å². The average molecular weight is 277 g/mol. The van der Waals surface area contributed by atoms with Gasteiger partial charge in [-0.15, -0.1) is 0 Å². The van der Waals surface area contributed by atoms with Crippen molar-refractivity contribution in [2.45, 2.75) is 38.8 Å². The van der Waals surface area contributed by atoms with Gasteiger partial charge < -0.3 is 15.2 Å². The van der Waals surface area contributed by atoms with Gasteiger partial charge in [-0.1, -0.05) is 31.2 Å². The predicted octanol–water partition coefficient (Wildman–Crippen LogP) is 1.82. The molecule has 110 valence electrons. The van der Waals surface area contributed by atoms with Crippen LogP contribution in [0.5, 0.6) is 0 Å². The minimum Gasteiger partial charge on any atom is -0.394 e. The third kappa shape index (κ3) is 3.38. The molecule has 3 unspecified atom stereocenters. The van der Waals surface area contributed by atoms with E-state index in [1.165, 1.54) is 5.56 Å². The molecule has 0 aliphatic carbocycles. The molecule has 20 heavy (non-hydrogen) atoms. The number of rotatable bonds is 5. The van der Waals surface area contributed by atoms with E-state index in [1.54, 1.807) is 0 Å². The maximum absolute atomic E-state index is 12.2. The Balaban J connectivity index is 2.02. The van der Waals surface area contributed by atoms with Gasteiger partial charge in [-0.3, -0.25) is 4.79 Å². The Morgan fingerprint density at radius 1 is 1.45 bits per heavy atom. The van der Waals surface area contributed by atoms with Crippen LogP contribution < -0.4 is 5.32 Å². The number of nitrogens with one attached hydrogen (secondary N) is 1. The van der Waals surface area contributed by atoms with E-state index in [0.717, 1.165) is 18.4 Å². The fourth-order valence-corrected chi connectivity index (χ4v) is 2.57. The van der Waals surface area contributed by atoms with E-state index >= 15 is 0 Å². The Kier molecular flexibility index (Phi) is 5.15. The highest BCUT2D eigenvalue weighted by molar-refractivity contribution is 5.80. The largest absolute Gasteiger partial charge is 0.394 e. The monoisotopic (exact) mass is 277 g/mol. The van der Waals surface area contributed by atoms with Gasteiger partial charge in [-0.05, 0) is 30.9 Å². The first-order valence-corrected chi connectivity index (χ1v) is 7.27. The molecule has 1 fully saturated rings. The molecule has 3 atom stereocenters. The van der Waals surface area contributed by atoms with Gasteiger partial charge in [0, 0.05) is 6.61 Å². The minimum absolute atomic E-state index is 0.0337. The van der Waals surface area contributed by atoms with Crippen LogP contribution in [0.2, 0.25) is 0 Å². The lowest BCUT2D eigenvalue weighted by atomic mass is 9.99. The first-order valence-electron chi connectivity index (χ1n) is 7.27. The van der Waals surface area contributed by atoms with Gasteiger partial charge in [-0.2, -0.15) is 0 Å². The van der Waals surface area contributed by atoms with Gasteiger partial charge in [0.1, 0.15) is 0 Å². The van der Waals surface area contributed by atoms with Gasteiger partial charge in [0.15, 0.2) is 0 Å². The van der Waals surface area contributed by atoms with Gasteiger partial charge >= 0.3 is 0 Å². The molecule has 0 bridgehead atoms. The predicted molar refractivity (Wildman–Crippen MR) is 77.3 cm³/mol. The van der Waals surface area contributed by atoms with Crippen LogP contribution in [0.4, 0.5) is 0 Å². The summed E-state index contributed by atoms with van der Waals surface area (Å²) in [4.78, 5) is 12.2. The summed E-state index contributed by atoms with van der Waals surface area (Å²) in [5.41, 5.74) is 2.18. The molecule has 1 aromatic carbocycles. The summed E-state index contributed by atoms with van der Waals surface area (Å²) in [6.45, 7) is 4.55. The lowest BCUT2D eigenvalue weighted by Gasteiger charge is -2.21. The highest BCUT2D eigenvalue weighted by Gasteiger charge is 2.31. The van der Waals surface area contributed by atoms with Crippen molar-refractivity contribution < 1.29 is 14.6 Å². The molecule has 0 saturated carbocycles. The molecule has 2 N–H and O–H groups in total. The summed E-state index contributed by atoms with van der Waals surface area (Å²) in [7, 11) is 0. The zero-order valence-corrected chi connectivity index (χ0v) is 12.1. The van der Waals surface area contributed by atoms with Crippen molar-refractivity contribution in [3.05, 3.63) is 35.4 Å². The SMILES string of the molecule is CCc1ccc(C(CO)NC(=O)C2CCOC2C)cc1. The number of benzene rings is 1. The molecule has 1 aliphatic heterocycles. The molecule has 0 radical (unpaired) electrons. The first-order chi connectivity index (χ1) is 9.65. The minimum atomic E-state index is -0.346. The van der Waals surface area contributed by atoms with Crippen molar-refractivity contribution in [3.63, 3.8) is 0 Å². The van der Waals surface area contributed by atoms with Crippen LogP contribution in [-0.2, 0) is 16.0 Å². The van der Waals surface area contributed by atoms with E-state index in [1.807, 2.05) is 31.2 Å². The second-order valence-corrected chi connectivity index (χ2v) is 5.31. The Bertz CT molecular complexity index is 444. The Labute approximate surface area is 120 Å². The second-order valence-electron chi connectivity index (χ2n) is 5.31. The maximum atomic E-state index is 12.2. The maximum Gasteiger partial charge on any atom is 0.226 e. The molecule has 2 rings (SSSR count). The van der Waals surface area contributed by atoms with Crippen molar-refractivity contribution in [1.29, 1.82) is 0 Å². The average Bonchev–Trinajstić information content (AvgIpc) is 2.91. The Hall–Kier alpha value is -1.39. The van der Waals surface area contributed by atoms with Crippen molar-refractivity contribution >= 4 is 5.91 Å². The van der Waals surface area contributed by atoms with Crippen LogP contribution in [0.15, 0.2) is 24.3 Å². The third-order valence-electron chi connectivity index (χ3n) is 4.00. The van der Waals surface area contributed by atoms with Crippen molar-refractivity contribution in [2.24, 2.45) is 5.92 Å². The summed E-state index contributed by atoms with van der Waals surface area (Å²) in [5.74, 6) is -0.146. The zero-order valence-electron chi connectivity index (χ0n) is 12.1. The second kappa shape index (κ2) is 6.86. The van der Waals surface area contributed by atoms with E-state index in [2.05, 4.69) is 12.2 Å². The number of hydrogen-bond acceptors (Lipinski definition) is 3. The fourth-order valence-electron chi connectivity index (χ4n) is 2.57. The van der Waals surface area contributed by atoms with E-state index in [0.29, 0.717) is 6.61 Å². The van der Waals surface area contributed by atoms with Crippen molar-refractivity contribution in [3.8, 4) is 0 Å². The van der Waals surface area contributed by atoms with Crippen LogP contribution >= 0.6 is 0 Å². The van der Waals surface area contributed by atoms with Crippen molar-refractivity contribution in [1.82, 2.24) is 5.32 Å². The third-order valence-corrected chi connectivity index (χ3v) is 4.00. The summed E-state index contributed by atoms with van der Waals surface area (Å²) < 4.78 is 5.41. The van der Waals surface area contributed by atoms with E-state index in [4.69, 9.17) is 4.74 Å². The number of hydrogen-bond donors (Lipinski definition) is 2. The topological polar surface area (TPSA) is 58.6 Å². The molecular formula is C16H23NO3. The Morgan fingerprint density at radius 2 is 2.15 bits per heavy atom. The van der Waals surface area contributed by atoms with Crippen molar-refractivity contribution in [2.75, 3.05) is 13.2 Å². The molecule has 4 nitrogen and oxygen atoms in total. The van der Waals surface area contributed by atoms with Crippen LogP contribution in [0.1, 0.15) is 37.4 Å². The van der Waals surface area contributed by atoms with Crippen LogP contribution in [0, 0.1) is 5.92 Å². The number of carbonyl (C=O) groups excluding carboxylic acids is 1. The normalized spacial score (nSPS) is 23.6. The van der Waals surface area contributed by atoms with E-state index in [-0.39, 0.29) is 30.6 Å². The molecule has 4 heteroatoms. The van der Waals surface area contributed by atoms with Gasteiger partial charge in [0.25, 0.3) is 0 Å². The van der Waals surface area contributed by atoms with Gasteiger partial charge in [0.05, 0.1) is 24.7 Å². The molecule has 0 spiro atoms. The smallest absolute Gasteiger partial charge is 0.226 e. The number of carbonyl (C=O) groups is 1. The van der Waals surface area contributed by atoms with Gasteiger partial charge in [-0.25, -0.2) is 0 Å². The van der Waals surface area contributed by atoms with E-state index in [9.17, 15) is 9.90 Å². The quantitative estimate of drug-likeness (QED) is 0.863. The van der Waals surface area contributed by atoms with Crippen LogP contribution in [0.25, 0.3) is 0 Å². The summed E-state index contributed by atoms with van der Waals surface area (Å²) in [6, 6.07) is 7.65. The molecule has 1 saturated heterocycles. The highest BCUT2D eigenvalue weighted by Crippen LogP contribution is 2.22. The van der Waals surface area contributed by atoms with E-state index < -0.39 is 0 Å². The summed E-state index contributed by atoms with van der Waals surface area (Å²) >= 11 is 0. The number of amides is 1. The number of aliphatic hydroxyl groups is 1. The lowest BCUT2D eigenvalue weighted by Crippen LogP contribution is -2.38. The summed E-state index contributed by atoms with van der Waals surface area (Å²) in [5, 5.41) is 12.4. The van der Waals surface area contributed by atoms with Crippen LogP contribution in [0.3, 0.4) is 0 Å². The number of aliphatic hydroxyl groups excluding tert-OH is 1. The molecule has 1 heterocycles. The highest BCUT2D eigenvalue weighted by atomic mass is 16.5. The number of ether oxygens (including phenoxy) is 1. The molecule has 0 aromatic heterocycles. The first kappa shape index (κ1) is 15.0. The fraction of sp³-hybridized carbons (Fsp3) is 0.562. The molecule has 1 amide bonds. The number of aryl methyl sites for hydroxylation is 1. The Morgan fingerprint density at radius 3 is 2.65 bits per heavy atom.